The summed E-state index contributed by atoms with van der Waals surface area (Å²) in [4.78, 5) is 26.7. The van der Waals surface area contributed by atoms with Crippen LogP contribution in [0.3, 0.4) is 0 Å². The minimum absolute atomic E-state index is 0.0648. The smallest absolute Gasteiger partial charge is 0.274 e. The molecule has 2 aromatic carbocycles. The van der Waals surface area contributed by atoms with E-state index in [4.69, 9.17) is 0 Å². The number of carbonyl (C=O) groups is 1. The average molecular weight is 335 g/mol. The van der Waals surface area contributed by atoms with Crippen LogP contribution in [0.5, 0.6) is 0 Å². The molecular weight excluding hydrogens is 314 g/mol. The second-order valence-electron chi connectivity index (χ2n) is 6.27. The van der Waals surface area contributed by atoms with E-state index in [-0.39, 0.29) is 17.9 Å². The Morgan fingerprint density at radius 2 is 1.76 bits per heavy atom. The van der Waals surface area contributed by atoms with Crippen molar-refractivity contribution in [1.29, 1.82) is 0 Å². The van der Waals surface area contributed by atoms with E-state index >= 15 is 0 Å². The normalized spacial score (nSPS) is 10.9. The summed E-state index contributed by atoms with van der Waals surface area (Å²) >= 11 is 0. The van der Waals surface area contributed by atoms with Crippen LogP contribution in [0.15, 0.2) is 47.3 Å². The first kappa shape index (κ1) is 16.9. The van der Waals surface area contributed by atoms with E-state index in [1.807, 2.05) is 50.2 Å². The largest absolute Gasteiger partial charge is 0.315 e. The van der Waals surface area contributed by atoms with Crippen molar-refractivity contribution in [2.75, 3.05) is 11.9 Å². The van der Waals surface area contributed by atoms with Gasteiger partial charge in [-0.1, -0.05) is 30.3 Å². The van der Waals surface area contributed by atoms with Crippen molar-refractivity contribution < 1.29 is 4.79 Å². The van der Waals surface area contributed by atoms with Crippen molar-refractivity contribution >= 4 is 22.4 Å². The van der Waals surface area contributed by atoms with Crippen LogP contribution < -0.4 is 10.5 Å². The molecule has 0 unspecified atom stereocenters. The number of carbonyl (C=O) groups excluding carboxylic acids is 1. The van der Waals surface area contributed by atoms with Gasteiger partial charge in [0.05, 0.1) is 17.5 Å². The van der Waals surface area contributed by atoms with Gasteiger partial charge in [-0.15, -0.1) is 0 Å². The molecule has 0 saturated carbocycles. The van der Waals surface area contributed by atoms with Crippen molar-refractivity contribution in [3.8, 4) is 0 Å². The third-order valence-electron chi connectivity index (χ3n) is 4.66. The number of amides is 1. The van der Waals surface area contributed by atoms with Crippen LogP contribution in [-0.4, -0.2) is 22.7 Å². The molecule has 0 saturated heterocycles. The Kier molecular flexibility index (Phi) is 4.40. The molecule has 0 spiro atoms. The second kappa shape index (κ2) is 6.51. The van der Waals surface area contributed by atoms with Gasteiger partial charge in [-0.2, -0.15) is 5.10 Å². The summed E-state index contributed by atoms with van der Waals surface area (Å²) in [7, 11) is 3.38. The molecule has 1 heterocycles. The SMILES string of the molecule is Cc1cccc(N(C)C(=O)Cc2nn(C)c(=O)c3ccccc23)c1C. The van der Waals surface area contributed by atoms with Crippen LogP contribution in [-0.2, 0) is 18.3 Å². The van der Waals surface area contributed by atoms with E-state index in [2.05, 4.69) is 5.10 Å². The van der Waals surface area contributed by atoms with Crippen LogP contribution in [0.2, 0.25) is 0 Å². The lowest BCUT2D eigenvalue weighted by atomic mass is 10.1. The van der Waals surface area contributed by atoms with E-state index in [0.29, 0.717) is 11.1 Å². The number of likely N-dealkylation sites (N-methyl/N-ethyl adjacent to an activating group) is 1. The van der Waals surface area contributed by atoms with E-state index in [1.165, 1.54) is 4.68 Å². The summed E-state index contributed by atoms with van der Waals surface area (Å²) < 4.78 is 1.29. The number of nitrogens with zero attached hydrogens (tertiary/aromatic N) is 3. The lowest BCUT2D eigenvalue weighted by molar-refractivity contribution is -0.117. The highest BCUT2D eigenvalue weighted by molar-refractivity contribution is 5.97. The van der Waals surface area contributed by atoms with Crippen molar-refractivity contribution in [3.63, 3.8) is 0 Å². The van der Waals surface area contributed by atoms with Crippen LogP contribution in [0.4, 0.5) is 5.69 Å². The molecule has 1 aromatic heterocycles. The minimum atomic E-state index is -0.158. The molecule has 25 heavy (non-hydrogen) atoms. The Morgan fingerprint density at radius 3 is 2.48 bits per heavy atom. The predicted octanol–water partition coefficient (Wildman–Crippen LogP) is 2.76. The zero-order valence-corrected chi connectivity index (χ0v) is 14.9. The number of anilines is 1. The summed E-state index contributed by atoms with van der Waals surface area (Å²) in [5, 5.41) is 5.62. The van der Waals surface area contributed by atoms with E-state index in [9.17, 15) is 9.59 Å². The zero-order valence-electron chi connectivity index (χ0n) is 14.9. The molecule has 128 valence electrons. The maximum atomic E-state index is 12.8. The third kappa shape index (κ3) is 3.05. The first-order valence-corrected chi connectivity index (χ1v) is 8.18. The number of benzene rings is 2. The highest BCUT2D eigenvalue weighted by Gasteiger charge is 2.17. The summed E-state index contributed by atoms with van der Waals surface area (Å²) in [5.41, 5.74) is 3.56. The Morgan fingerprint density at radius 1 is 1.08 bits per heavy atom. The molecular formula is C20H21N3O2. The summed E-state index contributed by atoms with van der Waals surface area (Å²) in [6.45, 7) is 4.04. The van der Waals surface area contributed by atoms with Crippen molar-refractivity contribution in [2.24, 2.45) is 7.05 Å². The fourth-order valence-electron chi connectivity index (χ4n) is 3.00. The van der Waals surface area contributed by atoms with Crippen LogP contribution in [0.1, 0.15) is 16.8 Å². The van der Waals surface area contributed by atoms with Gasteiger partial charge in [0.1, 0.15) is 0 Å². The summed E-state index contributed by atoms with van der Waals surface area (Å²) in [5.74, 6) is -0.0648. The molecule has 0 aliphatic carbocycles. The molecule has 0 aliphatic heterocycles. The van der Waals surface area contributed by atoms with E-state index in [1.54, 1.807) is 25.1 Å². The molecule has 3 rings (SSSR count). The number of aromatic nitrogens is 2. The van der Waals surface area contributed by atoms with Crippen LogP contribution in [0.25, 0.3) is 10.8 Å². The third-order valence-corrected chi connectivity index (χ3v) is 4.66. The van der Waals surface area contributed by atoms with E-state index in [0.717, 1.165) is 22.2 Å². The maximum Gasteiger partial charge on any atom is 0.274 e. The molecule has 0 fully saturated rings. The maximum absolute atomic E-state index is 12.8. The van der Waals surface area contributed by atoms with Crippen LogP contribution >= 0.6 is 0 Å². The molecule has 5 nitrogen and oxygen atoms in total. The van der Waals surface area contributed by atoms with Crippen molar-refractivity contribution in [1.82, 2.24) is 9.78 Å². The Balaban J connectivity index is 1.99. The lowest BCUT2D eigenvalue weighted by Crippen LogP contribution is -2.30. The molecule has 0 aliphatic rings. The standard InChI is InChI=1S/C20H21N3O2/c1-13-8-7-11-18(14(13)2)22(3)19(24)12-17-15-9-5-6-10-16(15)20(25)23(4)21-17/h5-11H,12H2,1-4H3. The fraction of sp³-hybridized carbons (Fsp3) is 0.250. The second-order valence-corrected chi connectivity index (χ2v) is 6.27. The molecule has 1 amide bonds. The zero-order chi connectivity index (χ0) is 18.1. The summed E-state index contributed by atoms with van der Waals surface area (Å²) in [6, 6.07) is 13.2. The van der Waals surface area contributed by atoms with Gasteiger partial charge in [-0.3, -0.25) is 9.59 Å². The Labute approximate surface area is 146 Å². The number of hydrogen-bond donors (Lipinski definition) is 0. The lowest BCUT2D eigenvalue weighted by Gasteiger charge is -2.21. The first-order valence-electron chi connectivity index (χ1n) is 8.18. The summed E-state index contributed by atoms with van der Waals surface area (Å²) in [6.07, 6.45) is 0.137. The highest BCUT2D eigenvalue weighted by Crippen LogP contribution is 2.23. The van der Waals surface area contributed by atoms with Gasteiger partial charge in [-0.05, 0) is 37.1 Å². The predicted molar refractivity (Wildman–Crippen MR) is 100 cm³/mol. The van der Waals surface area contributed by atoms with Gasteiger partial charge < -0.3 is 4.90 Å². The van der Waals surface area contributed by atoms with E-state index < -0.39 is 0 Å². The van der Waals surface area contributed by atoms with Gasteiger partial charge in [-0.25, -0.2) is 4.68 Å². The van der Waals surface area contributed by atoms with Gasteiger partial charge in [0.25, 0.3) is 5.56 Å². The Hall–Kier alpha value is -2.95. The van der Waals surface area contributed by atoms with Crippen molar-refractivity contribution in [2.45, 2.75) is 20.3 Å². The fourth-order valence-corrected chi connectivity index (χ4v) is 3.00. The molecule has 0 atom stereocenters. The molecule has 3 aromatic rings. The molecule has 0 N–H and O–H groups in total. The number of rotatable bonds is 3. The van der Waals surface area contributed by atoms with Gasteiger partial charge in [0.2, 0.25) is 5.91 Å². The monoisotopic (exact) mass is 335 g/mol. The average Bonchev–Trinajstić information content (AvgIpc) is 2.61. The van der Waals surface area contributed by atoms with Crippen LogP contribution in [0, 0.1) is 13.8 Å². The molecule has 0 radical (unpaired) electrons. The highest BCUT2D eigenvalue weighted by atomic mass is 16.2. The van der Waals surface area contributed by atoms with Gasteiger partial charge in [0, 0.05) is 25.2 Å². The van der Waals surface area contributed by atoms with Gasteiger partial charge >= 0.3 is 0 Å². The number of hydrogen-bond acceptors (Lipinski definition) is 3. The Bertz CT molecular complexity index is 1020. The topological polar surface area (TPSA) is 55.2 Å². The number of fused-ring (bicyclic) bond motifs is 1. The minimum Gasteiger partial charge on any atom is -0.315 e. The van der Waals surface area contributed by atoms with Crippen molar-refractivity contribution in [3.05, 3.63) is 69.6 Å². The number of aryl methyl sites for hydroxylation is 2. The quantitative estimate of drug-likeness (QED) is 0.739. The first-order chi connectivity index (χ1) is 11.9. The molecule has 0 bridgehead atoms. The molecule has 5 heteroatoms. The van der Waals surface area contributed by atoms with Gasteiger partial charge in [0.15, 0.2) is 0 Å².